The van der Waals surface area contributed by atoms with E-state index in [1.54, 1.807) is 7.05 Å². The second kappa shape index (κ2) is 4.49. The minimum atomic E-state index is -0.503. The molecule has 0 aliphatic carbocycles. The standard InChI is InChI=1S/C10H17ClN2O3/c1-10(2,3)16-9(15)12(4)7-5-13(6-7)8(11)14/h7H,5-6H2,1-4H3. The molecule has 1 aliphatic heterocycles. The molecule has 16 heavy (non-hydrogen) atoms. The number of rotatable bonds is 1. The first-order valence-corrected chi connectivity index (χ1v) is 5.49. The number of hydrogen-bond acceptors (Lipinski definition) is 3. The van der Waals surface area contributed by atoms with Crippen LogP contribution in [0.3, 0.4) is 0 Å². The Balaban J connectivity index is 2.40. The topological polar surface area (TPSA) is 49.9 Å². The third kappa shape index (κ3) is 3.27. The number of carbonyl (C=O) groups is 2. The van der Waals surface area contributed by atoms with Gasteiger partial charge in [0.15, 0.2) is 0 Å². The van der Waals surface area contributed by atoms with Crippen molar-refractivity contribution >= 4 is 23.1 Å². The van der Waals surface area contributed by atoms with E-state index < -0.39 is 11.0 Å². The van der Waals surface area contributed by atoms with Gasteiger partial charge in [0.2, 0.25) is 0 Å². The van der Waals surface area contributed by atoms with Crippen LogP contribution in [0.4, 0.5) is 9.59 Å². The molecule has 0 aromatic carbocycles. The minimum Gasteiger partial charge on any atom is -0.444 e. The van der Waals surface area contributed by atoms with E-state index in [-0.39, 0.29) is 12.1 Å². The van der Waals surface area contributed by atoms with Crippen LogP contribution in [0.2, 0.25) is 0 Å². The highest BCUT2D eigenvalue weighted by molar-refractivity contribution is 6.62. The smallest absolute Gasteiger partial charge is 0.410 e. The summed E-state index contributed by atoms with van der Waals surface area (Å²) in [5.74, 6) is 0. The predicted octanol–water partition coefficient (Wildman–Crippen LogP) is 1.90. The van der Waals surface area contributed by atoms with Gasteiger partial charge in [-0.1, -0.05) is 0 Å². The summed E-state index contributed by atoms with van der Waals surface area (Å²) >= 11 is 5.29. The maximum atomic E-state index is 11.6. The van der Waals surface area contributed by atoms with Crippen LogP contribution in [-0.4, -0.2) is 53.0 Å². The third-order valence-electron chi connectivity index (χ3n) is 2.34. The summed E-state index contributed by atoms with van der Waals surface area (Å²) in [7, 11) is 1.66. The molecule has 1 rings (SSSR count). The Bertz CT molecular complexity index is 295. The van der Waals surface area contributed by atoms with E-state index in [2.05, 4.69) is 0 Å². The number of ether oxygens (including phenoxy) is 1. The quantitative estimate of drug-likeness (QED) is 0.526. The van der Waals surface area contributed by atoms with E-state index in [0.29, 0.717) is 13.1 Å². The Labute approximate surface area is 100 Å². The lowest BCUT2D eigenvalue weighted by atomic mass is 10.1. The highest BCUT2D eigenvalue weighted by atomic mass is 35.5. The van der Waals surface area contributed by atoms with E-state index in [1.165, 1.54) is 9.80 Å². The van der Waals surface area contributed by atoms with Crippen molar-refractivity contribution in [2.75, 3.05) is 20.1 Å². The summed E-state index contributed by atoms with van der Waals surface area (Å²) < 4.78 is 5.20. The zero-order valence-corrected chi connectivity index (χ0v) is 10.7. The molecular formula is C10H17ClN2O3. The Morgan fingerprint density at radius 2 is 1.88 bits per heavy atom. The number of likely N-dealkylation sites (tertiary alicyclic amines) is 1. The average molecular weight is 249 g/mol. The van der Waals surface area contributed by atoms with Gasteiger partial charge in [0.1, 0.15) is 5.60 Å². The van der Waals surface area contributed by atoms with Crippen molar-refractivity contribution in [1.82, 2.24) is 9.80 Å². The lowest BCUT2D eigenvalue weighted by Crippen LogP contribution is -2.60. The Kier molecular flexibility index (Phi) is 3.68. The molecule has 1 aliphatic rings. The highest BCUT2D eigenvalue weighted by Crippen LogP contribution is 2.18. The van der Waals surface area contributed by atoms with Gasteiger partial charge in [-0.3, -0.25) is 4.79 Å². The van der Waals surface area contributed by atoms with Crippen molar-refractivity contribution in [2.24, 2.45) is 0 Å². The number of carbonyl (C=O) groups excluding carboxylic acids is 2. The van der Waals surface area contributed by atoms with Gasteiger partial charge < -0.3 is 14.5 Å². The highest BCUT2D eigenvalue weighted by Gasteiger charge is 2.36. The largest absolute Gasteiger partial charge is 0.444 e. The lowest BCUT2D eigenvalue weighted by molar-refractivity contribution is 0.00526. The molecule has 0 N–H and O–H groups in total. The SMILES string of the molecule is CN(C(=O)OC(C)(C)C)C1CN(C(=O)Cl)C1. The first kappa shape index (κ1) is 13.1. The van der Waals surface area contributed by atoms with E-state index in [1.807, 2.05) is 20.8 Å². The molecule has 0 spiro atoms. The summed E-state index contributed by atoms with van der Waals surface area (Å²) in [4.78, 5) is 25.4. The summed E-state index contributed by atoms with van der Waals surface area (Å²) in [5, 5.41) is -0.478. The van der Waals surface area contributed by atoms with Crippen LogP contribution < -0.4 is 0 Å². The number of nitrogens with zero attached hydrogens (tertiary/aromatic N) is 2. The number of amides is 2. The van der Waals surface area contributed by atoms with Crippen LogP contribution >= 0.6 is 11.6 Å². The molecule has 0 atom stereocenters. The van der Waals surface area contributed by atoms with Crippen molar-refractivity contribution in [2.45, 2.75) is 32.4 Å². The fraction of sp³-hybridized carbons (Fsp3) is 0.800. The minimum absolute atomic E-state index is 0.00227. The molecule has 0 radical (unpaired) electrons. The Morgan fingerprint density at radius 1 is 1.38 bits per heavy atom. The molecule has 0 unspecified atom stereocenters. The number of halogens is 1. The Morgan fingerprint density at radius 3 is 2.25 bits per heavy atom. The Hall–Kier alpha value is -0.970. The molecule has 1 fully saturated rings. The van der Waals surface area contributed by atoms with Crippen molar-refractivity contribution < 1.29 is 14.3 Å². The van der Waals surface area contributed by atoms with Crippen LogP contribution in [0.5, 0.6) is 0 Å². The average Bonchev–Trinajstić information content (AvgIpc) is 1.96. The molecule has 2 amide bonds. The molecule has 1 heterocycles. The molecule has 0 aromatic rings. The van der Waals surface area contributed by atoms with Gasteiger partial charge in [0, 0.05) is 20.1 Å². The van der Waals surface area contributed by atoms with Crippen LogP contribution in [0.25, 0.3) is 0 Å². The van der Waals surface area contributed by atoms with Crippen molar-refractivity contribution in [3.8, 4) is 0 Å². The second-order valence-corrected chi connectivity index (χ2v) is 5.23. The van der Waals surface area contributed by atoms with Crippen LogP contribution in [-0.2, 0) is 4.74 Å². The van der Waals surface area contributed by atoms with Crippen molar-refractivity contribution in [3.05, 3.63) is 0 Å². The lowest BCUT2D eigenvalue weighted by Gasteiger charge is -2.42. The van der Waals surface area contributed by atoms with Crippen molar-refractivity contribution in [1.29, 1.82) is 0 Å². The van der Waals surface area contributed by atoms with Gasteiger partial charge in [-0.25, -0.2) is 4.79 Å². The van der Waals surface area contributed by atoms with E-state index in [4.69, 9.17) is 16.3 Å². The van der Waals surface area contributed by atoms with E-state index >= 15 is 0 Å². The van der Waals surface area contributed by atoms with Gasteiger partial charge in [0.05, 0.1) is 6.04 Å². The predicted molar refractivity (Wildman–Crippen MR) is 60.6 cm³/mol. The van der Waals surface area contributed by atoms with Gasteiger partial charge in [-0.15, -0.1) is 0 Å². The molecule has 1 saturated heterocycles. The zero-order chi connectivity index (χ0) is 12.5. The number of likely N-dealkylation sites (N-methyl/N-ethyl adjacent to an activating group) is 1. The molecule has 5 nitrogen and oxygen atoms in total. The second-order valence-electron chi connectivity index (χ2n) is 4.90. The van der Waals surface area contributed by atoms with E-state index in [9.17, 15) is 9.59 Å². The summed E-state index contributed by atoms with van der Waals surface area (Å²) in [6.45, 7) is 6.38. The summed E-state index contributed by atoms with van der Waals surface area (Å²) in [6, 6.07) is -0.00227. The van der Waals surface area contributed by atoms with Gasteiger partial charge in [-0.2, -0.15) is 0 Å². The van der Waals surface area contributed by atoms with Crippen LogP contribution in [0, 0.1) is 0 Å². The molecule has 0 aromatic heterocycles. The van der Waals surface area contributed by atoms with Crippen LogP contribution in [0.15, 0.2) is 0 Å². The molecular weight excluding hydrogens is 232 g/mol. The first-order valence-electron chi connectivity index (χ1n) is 5.11. The zero-order valence-electron chi connectivity index (χ0n) is 9.99. The summed E-state index contributed by atoms with van der Waals surface area (Å²) in [6.07, 6.45) is -0.376. The third-order valence-corrected chi connectivity index (χ3v) is 2.58. The summed E-state index contributed by atoms with van der Waals surface area (Å²) in [5.41, 5.74) is -0.503. The van der Waals surface area contributed by atoms with Crippen LogP contribution in [0.1, 0.15) is 20.8 Å². The van der Waals surface area contributed by atoms with E-state index in [0.717, 1.165) is 0 Å². The fourth-order valence-corrected chi connectivity index (χ4v) is 1.46. The van der Waals surface area contributed by atoms with Gasteiger partial charge in [-0.05, 0) is 32.4 Å². The maximum absolute atomic E-state index is 11.6. The number of hydrogen-bond donors (Lipinski definition) is 0. The maximum Gasteiger partial charge on any atom is 0.410 e. The molecule has 6 heteroatoms. The van der Waals surface area contributed by atoms with Crippen molar-refractivity contribution in [3.63, 3.8) is 0 Å². The monoisotopic (exact) mass is 248 g/mol. The molecule has 0 saturated carbocycles. The first-order chi connectivity index (χ1) is 7.20. The molecule has 92 valence electrons. The fourth-order valence-electron chi connectivity index (χ4n) is 1.33. The normalized spacial score (nSPS) is 16.7. The van der Waals surface area contributed by atoms with Gasteiger partial charge in [0.25, 0.3) is 0 Å². The van der Waals surface area contributed by atoms with Gasteiger partial charge >= 0.3 is 11.5 Å². The molecule has 0 bridgehead atoms.